The third-order valence-electron chi connectivity index (χ3n) is 3.52. The molecule has 0 aliphatic heterocycles. The van der Waals surface area contributed by atoms with Crippen LogP contribution in [0.25, 0.3) is 0 Å². The van der Waals surface area contributed by atoms with E-state index in [1.54, 1.807) is 12.1 Å². The first-order valence-corrected chi connectivity index (χ1v) is 7.88. The van der Waals surface area contributed by atoms with Gasteiger partial charge in [0.2, 0.25) is 0 Å². The van der Waals surface area contributed by atoms with E-state index in [-0.39, 0.29) is 24.1 Å². The molecular formula is C18H20ClF2NO. The summed E-state index contributed by atoms with van der Waals surface area (Å²) in [7, 11) is 0. The minimum absolute atomic E-state index is 0.0246. The van der Waals surface area contributed by atoms with Crippen LogP contribution in [0.3, 0.4) is 0 Å². The maximum atomic E-state index is 13.9. The van der Waals surface area contributed by atoms with E-state index >= 15 is 0 Å². The van der Waals surface area contributed by atoms with Gasteiger partial charge in [0.1, 0.15) is 17.4 Å². The Balaban J connectivity index is 2.22. The van der Waals surface area contributed by atoms with Crippen molar-refractivity contribution in [1.82, 2.24) is 0 Å². The normalized spacial score (nSPS) is 12.5. The predicted octanol–water partition coefficient (Wildman–Crippen LogP) is 4.69. The minimum Gasteiger partial charge on any atom is -0.489 e. The Morgan fingerprint density at radius 2 is 1.87 bits per heavy atom. The third-order valence-corrected chi connectivity index (χ3v) is 3.82. The third kappa shape index (κ3) is 4.66. The van der Waals surface area contributed by atoms with E-state index < -0.39 is 11.6 Å². The number of ether oxygens (including phenoxy) is 1. The van der Waals surface area contributed by atoms with Gasteiger partial charge in [-0.1, -0.05) is 17.7 Å². The number of benzene rings is 2. The van der Waals surface area contributed by atoms with Gasteiger partial charge in [-0.3, -0.25) is 0 Å². The van der Waals surface area contributed by atoms with Crippen LogP contribution in [0.5, 0.6) is 5.75 Å². The molecule has 5 heteroatoms. The van der Waals surface area contributed by atoms with Crippen molar-refractivity contribution in [3.05, 3.63) is 64.2 Å². The van der Waals surface area contributed by atoms with Gasteiger partial charge < -0.3 is 10.5 Å². The fourth-order valence-electron chi connectivity index (χ4n) is 2.45. The van der Waals surface area contributed by atoms with Crippen LogP contribution in [-0.4, -0.2) is 12.6 Å². The van der Waals surface area contributed by atoms with Crippen LogP contribution in [-0.2, 0) is 6.42 Å². The van der Waals surface area contributed by atoms with Crippen molar-refractivity contribution in [1.29, 1.82) is 0 Å². The molecule has 0 fully saturated rings. The topological polar surface area (TPSA) is 35.2 Å². The van der Waals surface area contributed by atoms with Gasteiger partial charge in [-0.05, 0) is 68.3 Å². The minimum atomic E-state index is -0.474. The van der Waals surface area contributed by atoms with Crippen LogP contribution in [0, 0.1) is 11.6 Å². The van der Waals surface area contributed by atoms with Crippen LogP contribution in [0.4, 0.5) is 8.78 Å². The van der Waals surface area contributed by atoms with Crippen molar-refractivity contribution in [2.45, 2.75) is 32.3 Å². The van der Waals surface area contributed by atoms with E-state index in [9.17, 15) is 8.78 Å². The molecule has 2 rings (SSSR count). The van der Waals surface area contributed by atoms with Crippen molar-refractivity contribution in [2.75, 3.05) is 6.54 Å². The van der Waals surface area contributed by atoms with Crippen molar-refractivity contribution in [2.24, 2.45) is 5.73 Å². The molecule has 0 amide bonds. The Morgan fingerprint density at radius 3 is 2.48 bits per heavy atom. The van der Waals surface area contributed by atoms with Crippen molar-refractivity contribution in [3.8, 4) is 5.75 Å². The second-order valence-electron chi connectivity index (χ2n) is 5.73. The van der Waals surface area contributed by atoms with Gasteiger partial charge in [-0.25, -0.2) is 8.78 Å². The molecule has 0 aliphatic carbocycles. The standard InChI is InChI=1S/C18H20ClF2NO/c1-11(2)23-18-6-3-12(8-16(18)19)7-13(10-22)15-9-14(20)4-5-17(15)21/h3-6,8-9,11,13H,7,10,22H2,1-2H3. The molecule has 0 spiro atoms. The zero-order valence-corrected chi connectivity index (χ0v) is 13.9. The van der Waals surface area contributed by atoms with E-state index in [1.165, 1.54) is 6.07 Å². The highest BCUT2D eigenvalue weighted by molar-refractivity contribution is 6.32. The van der Waals surface area contributed by atoms with E-state index in [1.807, 2.05) is 19.9 Å². The van der Waals surface area contributed by atoms with Gasteiger partial charge >= 0.3 is 0 Å². The first-order chi connectivity index (χ1) is 10.9. The Morgan fingerprint density at radius 1 is 1.13 bits per heavy atom. The summed E-state index contributed by atoms with van der Waals surface area (Å²) in [6.07, 6.45) is 0.495. The molecule has 2 aromatic rings. The van der Waals surface area contributed by atoms with E-state index in [4.69, 9.17) is 22.1 Å². The van der Waals surface area contributed by atoms with Crippen LogP contribution >= 0.6 is 11.6 Å². The highest BCUT2D eigenvalue weighted by atomic mass is 35.5. The molecular weight excluding hydrogens is 320 g/mol. The average molecular weight is 340 g/mol. The van der Waals surface area contributed by atoms with Gasteiger partial charge in [0.05, 0.1) is 11.1 Å². The average Bonchev–Trinajstić information content (AvgIpc) is 2.50. The quantitative estimate of drug-likeness (QED) is 0.828. The SMILES string of the molecule is CC(C)Oc1ccc(CC(CN)c2cc(F)ccc2F)cc1Cl. The van der Waals surface area contributed by atoms with Gasteiger partial charge in [-0.2, -0.15) is 0 Å². The lowest BCUT2D eigenvalue weighted by molar-refractivity contribution is 0.242. The van der Waals surface area contributed by atoms with Crippen LogP contribution in [0.2, 0.25) is 5.02 Å². The Labute approximate surface area is 140 Å². The first kappa shape index (κ1) is 17.7. The molecule has 0 aromatic heterocycles. The summed E-state index contributed by atoms with van der Waals surface area (Å²) in [4.78, 5) is 0. The molecule has 2 N–H and O–H groups in total. The second-order valence-corrected chi connectivity index (χ2v) is 6.14. The number of nitrogens with two attached hydrogens (primary N) is 1. The Kier molecular flexibility index (Phi) is 5.97. The largest absolute Gasteiger partial charge is 0.489 e. The Bertz CT molecular complexity index is 676. The van der Waals surface area contributed by atoms with E-state index in [0.717, 1.165) is 17.7 Å². The molecule has 0 saturated carbocycles. The van der Waals surface area contributed by atoms with Crippen LogP contribution < -0.4 is 10.5 Å². The van der Waals surface area contributed by atoms with Crippen LogP contribution in [0.1, 0.15) is 30.9 Å². The summed E-state index contributed by atoms with van der Waals surface area (Å²) in [6, 6.07) is 8.85. The predicted molar refractivity (Wildman–Crippen MR) is 89.1 cm³/mol. The molecule has 0 aliphatic rings. The summed E-state index contributed by atoms with van der Waals surface area (Å²) >= 11 is 6.21. The van der Waals surface area contributed by atoms with E-state index in [2.05, 4.69) is 0 Å². The summed E-state index contributed by atoms with van der Waals surface area (Å²) in [5, 5.41) is 0.492. The van der Waals surface area contributed by atoms with Crippen molar-refractivity contribution >= 4 is 11.6 Å². The van der Waals surface area contributed by atoms with Crippen LogP contribution in [0.15, 0.2) is 36.4 Å². The second kappa shape index (κ2) is 7.75. The highest BCUT2D eigenvalue weighted by Gasteiger charge is 2.17. The molecule has 1 unspecified atom stereocenters. The fraction of sp³-hybridized carbons (Fsp3) is 0.333. The molecule has 23 heavy (non-hydrogen) atoms. The molecule has 2 aromatic carbocycles. The summed E-state index contributed by atoms with van der Waals surface area (Å²) in [5.74, 6) is -0.642. The van der Waals surface area contributed by atoms with Gasteiger partial charge in [0.15, 0.2) is 0 Å². The lowest BCUT2D eigenvalue weighted by Gasteiger charge is -2.17. The van der Waals surface area contributed by atoms with Crippen molar-refractivity contribution < 1.29 is 13.5 Å². The lowest BCUT2D eigenvalue weighted by atomic mass is 9.91. The molecule has 2 nitrogen and oxygen atoms in total. The zero-order valence-electron chi connectivity index (χ0n) is 13.2. The molecule has 124 valence electrons. The summed E-state index contributed by atoms with van der Waals surface area (Å²) in [6.45, 7) is 4.05. The summed E-state index contributed by atoms with van der Waals surface area (Å²) in [5.41, 5.74) is 6.94. The van der Waals surface area contributed by atoms with Gasteiger partial charge in [0, 0.05) is 5.92 Å². The summed E-state index contributed by atoms with van der Waals surface area (Å²) < 4.78 is 32.9. The van der Waals surface area contributed by atoms with Gasteiger partial charge in [0.25, 0.3) is 0 Å². The molecule has 1 atom stereocenters. The maximum absolute atomic E-state index is 13.9. The van der Waals surface area contributed by atoms with Crippen molar-refractivity contribution in [3.63, 3.8) is 0 Å². The number of rotatable bonds is 6. The molecule has 0 radical (unpaired) electrons. The highest BCUT2D eigenvalue weighted by Crippen LogP contribution is 2.29. The molecule has 0 heterocycles. The smallest absolute Gasteiger partial charge is 0.138 e. The zero-order chi connectivity index (χ0) is 17.0. The number of halogens is 3. The number of hydrogen-bond donors (Lipinski definition) is 1. The maximum Gasteiger partial charge on any atom is 0.138 e. The first-order valence-electron chi connectivity index (χ1n) is 7.50. The Hall–Kier alpha value is -1.65. The molecule has 0 saturated heterocycles. The number of hydrogen-bond acceptors (Lipinski definition) is 2. The van der Waals surface area contributed by atoms with E-state index in [0.29, 0.717) is 17.2 Å². The monoisotopic (exact) mass is 339 g/mol. The lowest BCUT2D eigenvalue weighted by Crippen LogP contribution is -2.16. The van der Waals surface area contributed by atoms with Gasteiger partial charge in [-0.15, -0.1) is 0 Å². The molecule has 0 bridgehead atoms. The fourth-order valence-corrected chi connectivity index (χ4v) is 2.70.